The van der Waals surface area contributed by atoms with Crippen LogP contribution in [-0.2, 0) is 57.0 Å². The van der Waals surface area contributed by atoms with Crippen LogP contribution in [0.5, 0.6) is 0 Å². The number of quaternary nitrogens is 1. The summed E-state index contributed by atoms with van der Waals surface area (Å²) in [4.78, 5) is 41.5. The fourth-order valence-electron chi connectivity index (χ4n) is 11.7. The molecule has 0 bridgehead atoms. The lowest BCUT2D eigenvalue weighted by atomic mass is 9.68. The van der Waals surface area contributed by atoms with Crippen molar-refractivity contribution in [3.05, 3.63) is 36.0 Å². The summed E-state index contributed by atoms with van der Waals surface area (Å²) in [5.41, 5.74) is -0.605. The van der Waals surface area contributed by atoms with E-state index in [9.17, 15) is 14.7 Å². The van der Waals surface area contributed by atoms with E-state index in [1.165, 1.54) is 0 Å². The lowest BCUT2D eigenvalue weighted by Gasteiger charge is -2.45. The number of rotatable bonds is 13. The van der Waals surface area contributed by atoms with Gasteiger partial charge in [-0.3, -0.25) is 18.9 Å². The monoisotopic (exact) mass is 903 g/mol. The van der Waals surface area contributed by atoms with Crippen molar-refractivity contribution in [3.8, 4) is 0 Å². The summed E-state index contributed by atoms with van der Waals surface area (Å²) in [6, 6.07) is 0.0736. The average Bonchev–Trinajstić information content (AvgIpc) is 3.80. The van der Waals surface area contributed by atoms with E-state index in [1.807, 2.05) is 53.7 Å². The predicted molar refractivity (Wildman–Crippen MR) is 238 cm³/mol. The van der Waals surface area contributed by atoms with Crippen molar-refractivity contribution >= 4 is 17.7 Å². The molecule has 3 aliphatic heterocycles. The molecule has 6 aliphatic rings. The van der Waals surface area contributed by atoms with Gasteiger partial charge < -0.3 is 47.7 Å². The number of likely N-dealkylation sites (N-methyl/N-ethyl adjacent to an activating group) is 1. The number of esters is 2. The molecule has 362 valence electrons. The number of ketones is 1. The Morgan fingerprint density at radius 2 is 1.70 bits per heavy atom. The number of hydrogen-bond donors (Lipinski definition) is 1. The van der Waals surface area contributed by atoms with Crippen LogP contribution in [0.1, 0.15) is 106 Å². The molecule has 64 heavy (non-hydrogen) atoms. The molecule has 3 heterocycles. The smallest absolute Gasteiger partial charge is 0.315 e. The molecule has 0 spiro atoms. The highest BCUT2D eigenvalue weighted by molar-refractivity contribution is 5.99. The normalized spacial score (nSPS) is 41.0. The third kappa shape index (κ3) is 10.9. The molecular weight excluding hydrogens is 823 g/mol. The van der Waals surface area contributed by atoms with Gasteiger partial charge in [0.2, 0.25) is 6.73 Å². The average molecular weight is 903 g/mol. The standard InChI is InChI=1S/C50H80NO13/c1-13-14-16-32-17-15-18-41(64-43-20-19-40(30(3)60-43)51(8,9)28-59-48(55)49(5,6)7)29(2)44(54)37-24-36-34(35(37)25-42(53)62-32)21-22-50(58-12)26-33(23-39(36)50)63-47-38(27-52)46(57-11)45(56-10)31(4)61-47/h14,16,21-22,24,29-36,38-41,43,45-47,52H,13,15,17-20,23,25-28H2,1-12H3/q+1/b16-14+/t29-,30?,31?,32+,33+,34+,35+,36-,38?,39+,40?,41+,43?,45?,46?,47?,50?/m1/s1. The maximum absolute atomic E-state index is 15.0. The molecule has 0 radical (unpaired) electrons. The van der Waals surface area contributed by atoms with E-state index in [1.54, 1.807) is 21.3 Å². The lowest BCUT2D eigenvalue weighted by molar-refractivity contribution is -0.936. The van der Waals surface area contributed by atoms with E-state index in [0.29, 0.717) is 48.6 Å². The zero-order valence-corrected chi connectivity index (χ0v) is 40.7. The largest absolute Gasteiger partial charge is 0.458 e. The fourth-order valence-corrected chi connectivity index (χ4v) is 11.7. The molecular formula is C50H80NO13+. The molecule has 3 aliphatic carbocycles. The van der Waals surface area contributed by atoms with Crippen molar-refractivity contribution < 1.29 is 66.6 Å². The van der Waals surface area contributed by atoms with Gasteiger partial charge in [-0.2, -0.15) is 0 Å². The third-order valence-electron chi connectivity index (χ3n) is 15.3. The van der Waals surface area contributed by atoms with Gasteiger partial charge in [0, 0.05) is 58.3 Å². The third-order valence-corrected chi connectivity index (χ3v) is 15.3. The number of allylic oxidation sites excluding steroid dienone is 4. The van der Waals surface area contributed by atoms with Gasteiger partial charge in [0.25, 0.3) is 0 Å². The van der Waals surface area contributed by atoms with Gasteiger partial charge in [0.1, 0.15) is 24.4 Å². The second kappa shape index (κ2) is 21.2. The van der Waals surface area contributed by atoms with Crippen LogP contribution in [-0.4, -0.2) is 143 Å². The van der Waals surface area contributed by atoms with E-state index in [4.69, 9.17) is 42.6 Å². The molecule has 0 aromatic rings. The Morgan fingerprint density at radius 1 is 0.969 bits per heavy atom. The minimum atomic E-state index is -0.721. The van der Waals surface area contributed by atoms with Gasteiger partial charge in [-0.05, 0) is 90.2 Å². The Balaban J connectivity index is 1.22. The summed E-state index contributed by atoms with van der Waals surface area (Å²) in [5, 5.41) is 10.5. The van der Waals surface area contributed by atoms with Crippen molar-refractivity contribution in [2.24, 2.45) is 40.9 Å². The van der Waals surface area contributed by atoms with Crippen molar-refractivity contribution in [1.29, 1.82) is 0 Å². The lowest BCUT2D eigenvalue weighted by Crippen LogP contribution is -2.58. The first-order valence-electron chi connectivity index (χ1n) is 24.0. The van der Waals surface area contributed by atoms with Crippen LogP contribution in [0.2, 0.25) is 0 Å². The van der Waals surface area contributed by atoms with E-state index < -0.39 is 47.6 Å². The number of ether oxygens (including phenoxy) is 9. The Labute approximate surface area is 382 Å². The molecule has 4 fully saturated rings. The quantitative estimate of drug-likeness (QED) is 0.0931. The van der Waals surface area contributed by atoms with E-state index >= 15 is 4.79 Å². The van der Waals surface area contributed by atoms with Crippen LogP contribution in [0.25, 0.3) is 0 Å². The molecule has 0 aromatic heterocycles. The molecule has 9 unspecified atom stereocenters. The van der Waals surface area contributed by atoms with Crippen LogP contribution in [0.4, 0.5) is 0 Å². The first kappa shape index (κ1) is 50.9. The van der Waals surface area contributed by atoms with Crippen LogP contribution < -0.4 is 0 Å². The molecule has 17 atom stereocenters. The zero-order chi connectivity index (χ0) is 46.7. The van der Waals surface area contributed by atoms with E-state index in [2.05, 4.69) is 39.2 Å². The number of aliphatic hydroxyl groups is 1. The van der Waals surface area contributed by atoms with Crippen molar-refractivity contribution in [2.45, 2.75) is 173 Å². The number of carbonyl (C=O) groups is 3. The number of aliphatic hydroxyl groups excluding tert-OH is 1. The van der Waals surface area contributed by atoms with Crippen LogP contribution in [0.15, 0.2) is 36.0 Å². The van der Waals surface area contributed by atoms with Gasteiger partial charge >= 0.3 is 11.9 Å². The number of carbonyl (C=O) groups excluding carboxylic acids is 3. The number of Topliss-reactive ketones (excluding diaryl/α,β-unsaturated/α-hetero) is 1. The second-order valence-electron chi connectivity index (χ2n) is 21.0. The number of cyclic esters (lactones) is 1. The zero-order valence-electron chi connectivity index (χ0n) is 40.7. The van der Waals surface area contributed by atoms with Gasteiger partial charge in [-0.25, -0.2) is 0 Å². The molecule has 0 aromatic carbocycles. The maximum Gasteiger partial charge on any atom is 0.315 e. The number of methoxy groups -OCH3 is 3. The fraction of sp³-hybridized carbons (Fsp3) is 0.820. The highest BCUT2D eigenvalue weighted by Crippen LogP contribution is 2.57. The molecule has 3 saturated heterocycles. The summed E-state index contributed by atoms with van der Waals surface area (Å²) in [7, 11) is 9.07. The van der Waals surface area contributed by atoms with Crippen LogP contribution in [0.3, 0.4) is 0 Å². The molecule has 14 heteroatoms. The van der Waals surface area contributed by atoms with E-state index in [0.717, 1.165) is 12.8 Å². The maximum atomic E-state index is 15.0. The minimum absolute atomic E-state index is 0.0173. The summed E-state index contributed by atoms with van der Waals surface area (Å²) in [6.45, 7) is 13.6. The molecule has 14 nitrogen and oxygen atoms in total. The summed E-state index contributed by atoms with van der Waals surface area (Å²) in [5.74, 6) is -2.20. The summed E-state index contributed by atoms with van der Waals surface area (Å²) in [6.07, 6.45) is 12.2. The molecule has 0 amide bonds. The van der Waals surface area contributed by atoms with Crippen molar-refractivity contribution in [1.82, 2.24) is 0 Å². The summed E-state index contributed by atoms with van der Waals surface area (Å²) >= 11 is 0. The van der Waals surface area contributed by atoms with Gasteiger partial charge in [-0.1, -0.05) is 38.2 Å². The Morgan fingerprint density at radius 3 is 2.34 bits per heavy atom. The van der Waals surface area contributed by atoms with Crippen LogP contribution >= 0.6 is 0 Å². The predicted octanol–water partition coefficient (Wildman–Crippen LogP) is 6.47. The molecule has 6 rings (SSSR count). The Hall–Kier alpha value is -2.53. The number of nitrogens with zero attached hydrogens (tertiary/aromatic N) is 1. The van der Waals surface area contributed by atoms with Crippen molar-refractivity contribution in [2.75, 3.05) is 48.8 Å². The molecule has 1 saturated carbocycles. The Bertz CT molecular complexity index is 1710. The minimum Gasteiger partial charge on any atom is -0.458 e. The Kier molecular flexibility index (Phi) is 16.8. The number of hydrogen-bond acceptors (Lipinski definition) is 13. The summed E-state index contributed by atoms with van der Waals surface area (Å²) < 4.78 is 56.8. The second-order valence-corrected chi connectivity index (χ2v) is 21.0. The van der Waals surface area contributed by atoms with Gasteiger partial charge in [0.15, 0.2) is 18.4 Å². The first-order chi connectivity index (χ1) is 30.3. The van der Waals surface area contributed by atoms with Gasteiger partial charge in [-0.15, -0.1) is 0 Å². The van der Waals surface area contributed by atoms with E-state index in [-0.39, 0.29) is 97.7 Å². The number of fused-ring (bicyclic) bond motifs is 5. The first-order valence-corrected chi connectivity index (χ1v) is 24.0. The topological polar surface area (TPSA) is 155 Å². The van der Waals surface area contributed by atoms with Gasteiger partial charge in [0.05, 0.1) is 68.5 Å². The highest BCUT2D eigenvalue weighted by Gasteiger charge is 2.58. The van der Waals surface area contributed by atoms with Crippen LogP contribution in [0, 0.1) is 40.9 Å². The SMILES string of the molecule is CC/C=C/[C@H]1CCC[C@H](OC2CCC([N+](C)(C)COC(=O)C(C)(C)C)C(C)O2)[C@@H](C)C(=O)C2=C[C@@H]3[C@@H](C=CC4(OC)C[C@@H](OC5OC(C)C(OC)C(OC)C5CO)C[C@@H]34)[C@@H]2CC(=O)O1. The highest BCUT2D eigenvalue weighted by atomic mass is 16.7. The van der Waals surface area contributed by atoms with Crippen molar-refractivity contribution in [3.63, 3.8) is 0 Å². The molecule has 1 N–H and O–H groups in total.